The Labute approximate surface area is 119 Å². The van der Waals surface area contributed by atoms with E-state index in [0.29, 0.717) is 6.04 Å². The van der Waals surface area contributed by atoms with Gasteiger partial charge in [-0.25, -0.2) is 0 Å². The third-order valence-electron chi connectivity index (χ3n) is 3.74. The van der Waals surface area contributed by atoms with E-state index < -0.39 is 0 Å². The van der Waals surface area contributed by atoms with Crippen molar-refractivity contribution >= 4 is 21.5 Å². The molecule has 0 radical (unpaired) electrons. The second-order valence-corrected chi connectivity index (χ2v) is 5.01. The van der Waals surface area contributed by atoms with Gasteiger partial charge in [0, 0.05) is 0 Å². The molecule has 0 spiro atoms. The molecule has 4 aromatic rings. The lowest BCUT2D eigenvalue weighted by molar-refractivity contribution is 1.66. The summed E-state index contributed by atoms with van der Waals surface area (Å²) in [5.41, 5.74) is 2.11. The van der Waals surface area contributed by atoms with Gasteiger partial charge in [-0.05, 0) is 44.8 Å². The number of hydrogen-bond acceptors (Lipinski definition) is 0. The SMILES string of the molecule is [2H]c1ccc2cc3ccccc3cc2c1-c1ccccc1. The van der Waals surface area contributed by atoms with Crippen LogP contribution in [-0.4, -0.2) is 0 Å². The largest absolute Gasteiger partial charge is 0.0629 e. The van der Waals surface area contributed by atoms with Gasteiger partial charge in [-0.3, -0.25) is 0 Å². The molecule has 0 heteroatoms. The Kier molecular flexibility index (Phi) is 2.30. The van der Waals surface area contributed by atoms with Crippen LogP contribution < -0.4 is 0 Å². The van der Waals surface area contributed by atoms with Crippen molar-refractivity contribution in [2.24, 2.45) is 0 Å². The fourth-order valence-corrected chi connectivity index (χ4v) is 2.75. The van der Waals surface area contributed by atoms with E-state index in [1.807, 2.05) is 30.3 Å². The summed E-state index contributed by atoms with van der Waals surface area (Å²) in [6.07, 6.45) is 0. The Morgan fingerprint density at radius 3 is 2.05 bits per heavy atom. The van der Waals surface area contributed by atoms with Gasteiger partial charge in [-0.1, -0.05) is 72.8 Å². The van der Waals surface area contributed by atoms with E-state index in [0.717, 1.165) is 16.5 Å². The van der Waals surface area contributed by atoms with Gasteiger partial charge in [-0.15, -0.1) is 0 Å². The topological polar surface area (TPSA) is 0 Å². The molecule has 20 heavy (non-hydrogen) atoms. The third kappa shape index (κ3) is 1.78. The second-order valence-electron chi connectivity index (χ2n) is 5.01. The average molecular weight is 255 g/mol. The maximum atomic E-state index is 8.30. The van der Waals surface area contributed by atoms with Crippen LogP contribution in [0.3, 0.4) is 0 Å². The molecule has 0 unspecified atom stereocenters. The van der Waals surface area contributed by atoms with E-state index in [1.54, 1.807) is 0 Å². The van der Waals surface area contributed by atoms with E-state index in [-0.39, 0.29) is 0 Å². The fraction of sp³-hybridized carbons (Fsp3) is 0. The van der Waals surface area contributed by atoms with Crippen LogP contribution in [0.15, 0.2) is 84.9 Å². The quantitative estimate of drug-likeness (QED) is 0.385. The number of benzene rings is 4. The van der Waals surface area contributed by atoms with Crippen LogP contribution in [0.25, 0.3) is 32.7 Å². The number of rotatable bonds is 1. The Morgan fingerprint density at radius 1 is 0.600 bits per heavy atom. The van der Waals surface area contributed by atoms with E-state index in [2.05, 4.69) is 48.5 Å². The molecule has 0 aliphatic rings. The van der Waals surface area contributed by atoms with E-state index in [4.69, 9.17) is 1.37 Å². The lowest BCUT2D eigenvalue weighted by atomic mass is 9.96. The van der Waals surface area contributed by atoms with E-state index >= 15 is 0 Å². The highest BCUT2D eigenvalue weighted by atomic mass is 14.1. The molecule has 0 bridgehead atoms. The minimum atomic E-state index is 0.573. The molecule has 0 amide bonds. The normalized spacial score (nSPS) is 11.7. The summed E-state index contributed by atoms with van der Waals surface area (Å²) in [5, 5.41) is 4.78. The van der Waals surface area contributed by atoms with Crippen molar-refractivity contribution in [1.29, 1.82) is 0 Å². The van der Waals surface area contributed by atoms with Gasteiger partial charge in [-0.2, -0.15) is 0 Å². The van der Waals surface area contributed by atoms with Crippen molar-refractivity contribution in [2.75, 3.05) is 0 Å². The van der Waals surface area contributed by atoms with Crippen LogP contribution in [0.4, 0.5) is 0 Å². The molecule has 0 aliphatic carbocycles. The first kappa shape index (κ1) is 10.2. The van der Waals surface area contributed by atoms with Crippen LogP contribution in [0.1, 0.15) is 1.37 Å². The molecule has 94 valence electrons. The summed E-state index contributed by atoms with van der Waals surface area (Å²) >= 11 is 0. The zero-order valence-electron chi connectivity index (χ0n) is 12.0. The summed E-state index contributed by atoms with van der Waals surface area (Å²) < 4.78 is 8.30. The predicted molar refractivity (Wildman–Crippen MR) is 86.9 cm³/mol. The molecule has 0 atom stereocenters. The Balaban J connectivity index is 2.14. The van der Waals surface area contributed by atoms with Crippen LogP contribution >= 0.6 is 0 Å². The van der Waals surface area contributed by atoms with Gasteiger partial charge >= 0.3 is 0 Å². The fourth-order valence-electron chi connectivity index (χ4n) is 2.75. The second kappa shape index (κ2) is 4.50. The molecular weight excluding hydrogens is 240 g/mol. The van der Waals surface area contributed by atoms with Crippen LogP contribution in [0.2, 0.25) is 0 Å². The molecule has 0 heterocycles. The smallest absolute Gasteiger partial charge is 0.0622 e. The molecule has 0 saturated heterocycles. The first-order valence-electron chi connectivity index (χ1n) is 7.30. The molecule has 0 fully saturated rings. The maximum absolute atomic E-state index is 8.30. The van der Waals surface area contributed by atoms with Gasteiger partial charge in [0.1, 0.15) is 0 Å². The summed E-state index contributed by atoms with van der Waals surface area (Å²) in [6, 6.07) is 27.5. The Morgan fingerprint density at radius 2 is 1.25 bits per heavy atom. The molecular formula is C20H14. The van der Waals surface area contributed by atoms with Crippen LogP contribution in [0, 0.1) is 0 Å². The average Bonchev–Trinajstić information content (AvgIpc) is 2.54. The van der Waals surface area contributed by atoms with Crippen molar-refractivity contribution in [3.63, 3.8) is 0 Å². The first-order chi connectivity index (χ1) is 10.3. The van der Waals surface area contributed by atoms with Crippen molar-refractivity contribution in [2.45, 2.75) is 0 Å². The predicted octanol–water partition coefficient (Wildman–Crippen LogP) is 5.66. The monoisotopic (exact) mass is 255 g/mol. The highest BCUT2D eigenvalue weighted by molar-refractivity contribution is 6.04. The molecule has 0 aromatic heterocycles. The highest BCUT2D eigenvalue weighted by Crippen LogP contribution is 2.31. The Bertz CT molecular complexity index is 940. The molecule has 0 aliphatic heterocycles. The Hall–Kier alpha value is -2.60. The highest BCUT2D eigenvalue weighted by Gasteiger charge is 2.04. The molecule has 0 saturated carbocycles. The van der Waals surface area contributed by atoms with Gasteiger partial charge in [0.25, 0.3) is 0 Å². The zero-order valence-corrected chi connectivity index (χ0v) is 11.0. The molecule has 0 nitrogen and oxygen atoms in total. The summed E-state index contributed by atoms with van der Waals surface area (Å²) in [6.45, 7) is 0. The maximum Gasteiger partial charge on any atom is 0.0629 e. The zero-order chi connectivity index (χ0) is 14.2. The van der Waals surface area contributed by atoms with Crippen LogP contribution in [0.5, 0.6) is 0 Å². The van der Waals surface area contributed by atoms with Crippen molar-refractivity contribution in [3.05, 3.63) is 84.9 Å². The number of fused-ring (bicyclic) bond motifs is 2. The molecule has 4 rings (SSSR count). The van der Waals surface area contributed by atoms with Gasteiger partial charge < -0.3 is 0 Å². The van der Waals surface area contributed by atoms with Crippen LogP contribution in [-0.2, 0) is 0 Å². The van der Waals surface area contributed by atoms with Gasteiger partial charge in [0.2, 0.25) is 0 Å². The summed E-state index contributed by atoms with van der Waals surface area (Å²) in [4.78, 5) is 0. The van der Waals surface area contributed by atoms with Crippen molar-refractivity contribution in [1.82, 2.24) is 0 Å². The van der Waals surface area contributed by atoms with Crippen molar-refractivity contribution in [3.8, 4) is 11.1 Å². The first-order valence-corrected chi connectivity index (χ1v) is 6.80. The third-order valence-corrected chi connectivity index (χ3v) is 3.74. The number of hydrogen-bond donors (Lipinski definition) is 0. The minimum Gasteiger partial charge on any atom is -0.0622 e. The van der Waals surface area contributed by atoms with Gasteiger partial charge in [0.15, 0.2) is 0 Å². The summed E-state index contributed by atoms with van der Waals surface area (Å²) in [7, 11) is 0. The van der Waals surface area contributed by atoms with E-state index in [9.17, 15) is 0 Å². The summed E-state index contributed by atoms with van der Waals surface area (Å²) in [5.74, 6) is 0. The lowest BCUT2D eigenvalue weighted by Gasteiger charge is -2.08. The molecule has 0 N–H and O–H groups in total. The molecule has 4 aromatic carbocycles. The minimum absolute atomic E-state index is 0.573. The lowest BCUT2D eigenvalue weighted by Crippen LogP contribution is -1.82. The van der Waals surface area contributed by atoms with Gasteiger partial charge in [0.05, 0.1) is 1.37 Å². The standard InChI is InChI=1S/C20H14/c1-2-7-15(8-3-1)19-12-6-11-18-13-16-9-4-5-10-17(16)14-20(18)19/h1-14H/i12D. The van der Waals surface area contributed by atoms with Crippen molar-refractivity contribution < 1.29 is 1.37 Å². The van der Waals surface area contributed by atoms with E-state index in [1.165, 1.54) is 16.2 Å².